The summed E-state index contributed by atoms with van der Waals surface area (Å²) in [5, 5.41) is 11.1. The van der Waals surface area contributed by atoms with Crippen molar-refractivity contribution in [2.75, 3.05) is 20.3 Å². The van der Waals surface area contributed by atoms with Crippen molar-refractivity contribution in [3.8, 4) is 5.75 Å². The fraction of sp³-hybridized carbons (Fsp3) is 0.214. The Hall–Kier alpha value is -3.90. The quantitative estimate of drug-likeness (QED) is 0.303. The van der Waals surface area contributed by atoms with Gasteiger partial charge in [0.05, 0.1) is 18.2 Å². The highest BCUT2D eigenvalue weighted by Gasteiger charge is 2.46. The number of methoxy groups -OCH3 is 1. The zero-order chi connectivity index (χ0) is 24.1. The van der Waals surface area contributed by atoms with E-state index in [0.717, 1.165) is 11.1 Å². The summed E-state index contributed by atoms with van der Waals surface area (Å²) in [6, 6.07) is 23.5. The number of aliphatic hydroxyl groups is 1. The minimum absolute atomic E-state index is 0.0603. The molecule has 6 nitrogen and oxygen atoms in total. The van der Waals surface area contributed by atoms with Crippen LogP contribution in [0.1, 0.15) is 28.3 Å². The van der Waals surface area contributed by atoms with E-state index < -0.39 is 17.7 Å². The van der Waals surface area contributed by atoms with Crippen molar-refractivity contribution in [1.82, 2.24) is 4.90 Å². The Bertz CT molecular complexity index is 1200. The van der Waals surface area contributed by atoms with Crippen LogP contribution in [0.3, 0.4) is 0 Å². The third-order valence-corrected chi connectivity index (χ3v) is 5.82. The molecule has 0 radical (unpaired) electrons. The second-order valence-electron chi connectivity index (χ2n) is 8.20. The number of benzene rings is 3. The number of ether oxygens (including phenoxy) is 2. The van der Waals surface area contributed by atoms with E-state index in [1.54, 1.807) is 12.1 Å². The fourth-order valence-corrected chi connectivity index (χ4v) is 4.03. The first-order valence-electron chi connectivity index (χ1n) is 11.1. The van der Waals surface area contributed by atoms with Crippen molar-refractivity contribution in [1.29, 1.82) is 0 Å². The summed E-state index contributed by atoms with van der Waals surface area (Å²) in [4.78, 5) is 27.4. The maximum absolute atomic E-state index is 13.1. The third-order valence-electron chi connectivity index (χ3n) is 5.82. The summed E-state index contributed by atoms with van der Waals surface area (Å²) in [5.41, 5.74) is 3.27. The first-order chi connectivity index (χ1) is 16.5. The minimum Gasteiger partial charge on any atom is -0.507 e. The number of Topliss-reactive ketones (excluding diaryl/α,β-unsaturated/α-hetero) is 1. The Balaban J connectivity index is 1.73. The molecule has 3 aromatic carbocycles. The van der Waals surface area contributed by atoms with Crippen LogP contribution in [0.4, 0.5) is 0 Å². The fourth-order valence-electron chi connectivity index (χ4n) is 4.03. The highest BCUT2D eigenvalue weighted by molar-refractivity contribution is 6.46. The lowest BCUT2D eigenvalue weighted by molar-refractivity contribution is -0.140. The number of aryl methyl sites for hydroxylation is 1. The first kappa shape index (κ1) is 23.3. The molecule has 1 aliphatic heterocycles. The molecule has 0 bridgehead atoms. The third kappa shape index (κ3) is 4.87. The van der Waals surface area contributed by atoms with E-state index in [9.17, 15) is 14.7 Å². The van der Waals surface area contributed by atoms with Gasteiger partial charge in [-0.3, -0.25) is 9.59 Å². The van der Waals surface area contributed by atoms with E-state index in [4.69, 9.17) is 9.47 Å². The van der Waals surface area contributed by atoms with Gasteiger partial charge < -0.3 is 19.5 Å². The summed E-state index contributed by atoms with van der Waals surface area (Å²) in [6.07, 6.45) is 0. The number of hydrogen-bond acceptors (Lipinski definition) is 5. The molecule has 0 aliphatic carbocycles. The van der Waals surface area contributed by atoms with Gasteiger partial charge in [-0.25, -0.2) is 0 Å². The maximum Gasteiger partial charge on any atom is 0.295 e. The van der Waals surface area contributed by atoms with Crippen molar-refractivity contribution >= 4 is 17.4 Å². The number of amides is 1. The van der Waals surface area contributed by atoms with Gasteiger partial charge >= 0.3 is 0 Å². The summed E-state index contributed by atoms with van der Waals surface area (Å²) in [5.74, 6) is -0.964. The summed E-state index contributed by atoms with van der Waals surface area (Å²) >= 11 is 0. The van der Waals surface area contributed by atoms with Gasteiger partial charge in [0.1, 0.15) is 18.1 Å². The van der Waals surface area contributed by atoms with Gasteiger partial charge in [-0.1, -0.05) is 72.3 Å². The summed E-state index contributed by atoms with van der Waals surface area (Å²) in [7, 11) is 1.54. The van der Waals surface area contributed by atoms with Gasteiger partial charge in [0, 0.05) is 19.2 Å². The lowest BCUT2D eigenvalue weighted by atomic mass is 9.95. The van der Waals surface area contributed by atoms with Crippen LogP contribution in [0.25, 0.3) is 5.76 Å². The Morgan fingerprint density at radius 1 is 0.971 bits per heavy atom. The zero-order valence-electron chi connectivity index (χ0n) is 19.2. The number of rotatable bonds is 8. The van der Waals surface area contributed by atoms with Gasteiger partial charge in [-0.2, -0.15) is 0 Å². The number of aliphatic hydroxyl groups excluding tert-OH is 1. The highest BCUT2D eigenvalue weighted by Crippen LogP contribution is 2.40. The predicted molar refractivity (Wildman–Crippen MR) is 129 cm³/mol. The molecule has 3 aromatic rings. The van der Waals surface area contributed by atoms with Crippen molar-refractivity contribution in [2.45, 2.75) is 19.6 Å². The number of carbonyl (C=O) groups excluding carboxylic acids is 2. The molecule has 174 valence electrons. The second kappa shape index (κ2) is 10.4. The molecule has 1 aliphatic rings. The van der Waals surface area contributed by atoms with E-state index in [1.165, 1.54) is 12.0 Å². The van der Waals surface area contributed by atoms with Gasteiger partial charge in [0.15, 0.2) is 0 Å². The maximum atomic E-state index is 13.1. The Morgan fingerprint density at radius 3 is 2.41 bits per heavy atom. The smallest absolute Gasteiger partial charge is 0.295 e. The Labute approximate surface area is 199 Å². The molecular weight excluding hydrogens is 430 g/mol. The van der Waals surface area contributed by atoms with Crippen LogP contribution in [0.15, 0.2) is 84.4 Å². The number of hydrogen-bond donors (Lipinski definition) is 1. The predicted octanol–water partition coefficient (Wildman–Crippen LogP) is 4.64. The molecule has 0 aromatic heterocycles. The zero-order valence-corrected chi connectivity index (χ0v) is 19.2. The van der Waals surface area contributed by atoms with Crippen molar-refractivity contribution in [3.63, 3.8) is 0 Å². The van der Waals surface area contributed by atoms with Gasteiger partial charge in [0.25, 0.3) is 11.7 Å². The van der Waals surface area contributed by atoms with Gasteiger partial charge in [-0.15, -0.1) is 0 Å². The molecule has 1 amide bonds. The number of nitrogens with zero attached hydrogens (tertiary/aromatic N) is 1. The van der Waals surface area contributed by atoms with Crippen LogP contribution in [0.5, 0.6) is 5.75 Å². The number of likely N-dealkylation sites (tertiary alicyclic amines) is 1. The Kier molecular flexibility index (Phi) is 7.09. The molecule has 1 fully saturated rings. The normalized spacial score (nSPS) is 17.2. The molecule has 34 heavy (non-hydrogen) atoms. The van der Waals surface area contributed by atoms with Crippen LogP contribution >= 0.6 is 0 Å². The topological polar surface area (TPSA) is 76.1 Å². The SMILES string of the molecule is COCCN1C(=O)C(=O)/C(=C(/O)c2ccc(C)cc2)C1c1cccc(OCc2ccccc2)c1. The summed E-state index contributed by atoms with van der Waals surface area (Å²) < 4.78 is 11.1. The standard InChI is InChI=1S/C28H27NO5/c1-19-11-13-21(14-12-19)26(30)24-25(29(15-16-33-2)28(32)27(24)31)22-9-6-10-23(17-22)34-18-20-7-4-3-5-8-20/h3-14,17,25,30H,15-16,18H2,1-2H3/b26-24+. The lowest BCUT2D eigenvalue weighted by Gasteiger charge is -2.25. The van der Waals surface area contributed by atoms with Crippen LogP contribution < -0.4 is 4.74 Å². The molecule has 1 heterocycles. The summed E-state index contributed by atoms with van der Waals surface area (Å²) in [6.45, 7) is 2.80. The van der Waals surface area contributed by atoms with Gasteiger partial charge in [0.2, 0.25) is 0 Å². The van der Waals surface area contributed by atoms with Crippen LogP contribution in [-0.2, 0) is 20.9 Å². The molecule has 0 spiro atoms. The molecule has 0 saturated carbocycles. The van der Waals surface area contributed by atoms with E-state index in [1.807, 2.05) is 73.7 Å². The van der Waals surface area contributed by atoms with Gasteiger partial charge in [-0.05, 0) is 30.2 Å². The van der Waals surface area contributed by atoms with Crippen molar-refractivity contribution in [3.05, 3.63) is 107 Å². The molecule has 1 unspecified atom stereocenters. The number of carbonyl (C=O) groups is 2. The first-order valence-corrected chi connectivity index (χ1v) is 11.1. The highest BCUT2D eigenvalue weighted by atomic mass is 16.5. The van der Waals surface area contributed by atoms with E-state index in [2.05, 4.69) is 0 Å². The Morgan fingerprint density at radius 2 is 1.71 bits per heavy atom. The average Bonchev–Trinajstić information content (AvgIpc) is 3.12. The monoisotopic (exact) mass is 457 g/mol. The molecular formula is C28H27NO5. The van der Waals surface area contributed by atoms with Crippen molar-refractivity contribution in [2.24, 2.45) is 0 Å². The van der Waals surface area contributed by atoms with Crippen LogP contribution in [0, 0.1) is 6.92 Å². The van der Waals surface area contributed by atoms with E-state index in [0.29, 0.717) is 23.5 Å². The second-order valence-corrected chi connectivity index (χ2v) is 8.20. The van der Waals surface area contributed by atoms with Crippen LogP contribution in [0.2, 0.25) is 0 Å². The van der Waals surface area contributed by atoms with Crippen LogP contribution in [-0.4, -0.2) is 42.0 Å². The van der Waals surface area contributed by atoms with E-state index >= 15 is 0 Å². The molecule has 6 heteroatoms. The average molecular weight is 458 g/mol. The van der Waals surface area contributed by atoms with Crippen molar-refractivity contribution < 1.29 is 24.2 Å². The largest absolute Gasteiger partial charge is 0.507 e. The molecule has 1 saturated heterocycles. The minimum atomic E-state index is -0.753. The lowest BCUT2D eigenvalue weighted by Crippen LogP contribution is -2.32. The molecule has 4 rings (SSSR count). The number of ketones is 1. The molecule has 1 N–H and O–H groups in total. The van der Waals surface area contributed by atoms with E-state index in [-0.39, 0.29) is 24.5 Å². The molecule has 1 atom stereocenters.